The highest BCUT2D eigenvalue weighted by Crippen LogP contribution is 2.28. The van der Waals surface area contributed by atoms with Crippen LogP contribution in [0.3, 0.4) is 0 Å². The summed E-state index contributed by atoms with van der Waals surface area (Å²) in [6.45, 7) is 14.0. The summed E-state index contributed by atoms with van der Waals surface area (Å²) in [5.74, 6) is 0. The van der Waals surface area contributed by atoms with Gasteiger partial charge in [-0.05, 0) is 13.3 Å². The third kappa shape index (κ3) is 2.77. The number of rotatable bonds is 5. The fourth-order valence-electron chi connectivity index (χ4n) is 2.55. The van der Waals surface area contributed by atoms with E-state index in [-0.39, 0.29) is 0 Å². The third-order valence-corrected chi connectivity index (χ3v) is 3.71. The standard InChI is InChI=1S/C17H23N3/c1-5-8-14(9-6-2)17-15-12-20(13(4)7-3)11-10-16(15)18-19-17/h5-6,8-9H,1,4,7,10-12H2,2-3H3,(H,18,19)/b9-6-,14-8+. The van der Waals surface area contributed by atoms with Gasteiger partial charge in [-0.25, -0.2) is 0 Å². The van der Waals surface area contributed by atoms with Crippen molar-refractivity contribution in [3.05, 3.63) is 60.1 Å². The first-order chi connectivity index (χ1) is 9.71. The molecule has 3 nitrogen and oxygen atoms in total. The molecule has 1 N–H and O–H groups in total. The molecule has 0 saturated heterocycles. The van der Waals surface area contributed by atoms with Crippen LogP contribution < -0.4 is 0 Å². The maximum Gasteiger partial charge on any atom is 0.0973 e. The molecule has 0 spiro atoms. The highest BCUT2D eigenvalue weighted by atomic mass is 15.2. The molecule has 1 aliphatic heterocycles. The second-order valence-electron chi connectivity index (χ2n) is 4.98. The first-order valence-electron chi connectivity index (χ1n) is 7.15. The van der Waals surface area contributed by atoms with Gasteiger partial charge in [0.05, 0.1) is 5.69 Å². The molecule has 0 radical (unpaired) electrons. The fourth-order valence-corrected chi connectivity index (χ4v) is 2.55. The molecule has 0 amide bonds. The second kappa shape index (κ2) is 6.42. The lowest BCUT2D eigenvalue weighted by Gasteiger charge is -2.30. The average Bonchev–Trinajstić information content (AvgIpc) is 2.89. The summed E-state index contributed by atoms with van der Waals surface area (Å²) >= 11 is 0. The lowest BCUT2D eigenvalue weighted by molar-refractivity contribution is 0.314. The molecular formula is C17H23N3. The number of fused-ring (bicyclic) bond motifs is 1. The zero-order valence-electron chi connectivity index (χ0n) is 12.4. The number of hydrogen-bond acceptors (Lipinski definition) is 2. The van der Waals surface area contributed by atoms with Gasteiger partial charge >= 0.3 is 0 Å². The molecule has 20 heavy (non-hydrogen) atoms. The Kier molecular flexibility index (Phi) is 4.61. The van der Waals surface area contributed by atoms with E-state index in [1.807, 2.05) is 25.2 Å². The van der Waals surface area contributed by atoms with Crippen molar-refractivity contribution in [2.75, 3.05) is 6.54 Å². The molecule has 0 aliphatic carbocycles. The van der Waals surface area contributed by atoms with Crippen molar-refractivity contribution in [3.8, 4) is 0 Å². The van der Waals surface area contributed by atoms with E-state index in [0.717, 1.165) is 37.2 Å². The Hall–Kier alpha value is -2.03. The molecule has 3 heteroatoms. The van der Waals surface area contributed by atoms with Crippen LogP contribution in [-0.2, 0) is 13.0 Å². The maximum absolute atomic E-state index is 4.51. The van der Waals surface area contributed by atoms with Crippen molar-refractivity contribution in [1.29, 1.82) is 0 Å². The van der Waals surface area contributed by atoms with Crippen molar-refractivity contribution in [2.24, 2.45) is 0 Å². The molecule has 1 aliphatic rings. The van der Waals surface area contributed by atoms with E-state index in [1.165, 1.54) is 17.0 Å². The number of nitrogens with zero attached hydrogens (tertiary/aromatic N) is 2. The van der Waals surface area contributed by atoms with Gasteiger partial charge in [0.25, 0.3) is 0 Å². The minimum atomic E-state index is 0.889. The molecule has 0 aromatic carbocycles. The minimum absolute atomic E-state index is 0.889. The molecule has 0 fully saturated rings. The van der Waals surface area contributed by atoms with Crippen LogP contribution in [0.15, 0.2) is 43.2 Å². The van der Waals surface area contributed by atoms with Gasteiger partial charge in [0.15, 0.2) is 0 Å². The maximum atomic E-state index is 4.51. The number of allylic oxidation sites excluding steroid dienone is 6. The molecule has 1 aromatic rings. The average molecular weight is 269 g/mol. The highest BCUT2D eigenvalue weighted by molar-refractivity contribution is 5.75. The molecule has 0 unspecified atom stereocenters. The van der Waals surface area contributed by atoms with E-state index in [1.54, 1.807) is 0 Å². The van der Waals surface area contributed by atoms with Gasteiger partial charge in [-0.3, -0.25) is 5.10 Å². The minimum Gasteiger partial charge on any atom is -0.370 e. The van der Waals surface area contributed by atoms with Crippen LogP contribution in [0, 0.1) is 0 Å². The zero-order valence-corrected chi connectivity index (χ0v) is 12.4. The quantitative estimate of drug-likeness (QED) is 0.824. The topological polar surface area (TPSA) is 31.9 Å². The van der Waals surface area contributed by atoms with E-state index in [9.17, 15) is 0 Å². The van der Waals surface area contributed by atoms with E-state index >= 15 is 0 Å². The molecular weight excluding hydrogens is 246 g/mol. The van der Waals surface area contributed by atoms with E-state index in [4.69, 9.17) is 0 Å². The SMILES string of the molecule is C=C/C=C(\C=C/C)c1n[nH]c2c1CN(C(=C)CC)CC2. The van der Waals surface area contributed by atoms with Gasteiger partial charge in [0.2, 0.25) is 0 Å². The summed E-state index contributed by atoms with van der Waals surface area (Å²) in [6.07, 6.45) is 9.91. The first-order valence-corrected chi connectivity index (χ1v) is 7.15. The van der Waals surface area contributed by atoms with Gasteiger partial charge in [-0.1, -0.05) is 44.4 Å². The summed E-state index contributed by atoms with van der Waals surface area (Å²) in [6, 6.07) is 0. The predicted octanol–water partition coefficient (Wildman–Crippen LogP) is 3.84. The molecule has 106 valence electrons. The molecule has 2 rings (SSSR count). The highest BCUT2D eigenvalue weighted by Gasteiger charge is 2.23. The van der Waals surface area contributed by atoms with Crippen LogP contribution in [-0.4, -0.2) is 21.6 Å². The lowest BCUT2D eigenvalue weighted by atomic mass is 10.00. The fraction of sp³-hybridized carbons (Fsp3) is 0.353. The third-order valence-electron chi connectivity index (χ3n) is 3.71. The normalized spacial score (nSPS) is 15.5. The van der Waals surface area contributed by atoms with Gasteiger partial charge in [0, 0.05) is 42.0 Å². The molecule has 0 bridgehead atoms. The number of hydrogen-bond donors (Lipinski definition) is 1. The Morgan fingerprint density at radius 2 is 2.30 bits per heavy atom. The second-order valence-corrected chi connectivity index (χ2v) is 4.98. The van der Waals surface area contributed by atoms with Gasteiger partial charge in [0.1, 0.15) is 0 Å². The Balaban J connectivity index is 2.35. The van der Waals surface area contributed by atoms with Crippen LogP contribution >= 0.6 is 0 Å². The molecule has 0 atom stereocenters. The monoisotopic (exact) mass is 269 g/mol. The van der Waals surface area contributed by atoms with E-state index in [2.05, 4.69) is 41.3 Å². The molecule has 0 saturated carbocycles. The van der Waals surface area contributed by atoms with Crippen LogP contribution in [0.4, 0.5) is 0 Å². The number of aromatic amines is 1. The van der Waals surface area contributed by atoms with Gasteiger partial charge in [-0.2, -0.15) is 5.10 Å². The summed E-state index contributed by atoms with van der Waals surface area (Å²) in [5, 5.41) is 7.69. The van der Waals surface area contributed by atoms with Crippen molar-refractivity contribution < 1.29 is 0 Å². The Morgan fingerprint density at radius 1 is 1.50 bits per heavy atom. The molecule has 2 heterocycles. The summed E-state index contributed by atoms with van der Waals surface area (Å²) in [4.78, 5) is 2.35. The van der Waals surface area contributed by atoms with Crippen LogP contribution in [0.1, 0.15) is 37.2 Å². The zero-order chi connectivity index (χ0) is 14.5. The first kappa shape index (κ1) is 14.4. The molecule has 1 aromatic heterocycles. The summed E-state index contributed by atoms with van der Waals surface area (Å²) in [7, 11) is 0. The number of nitrogens with one attached hydrogen (secondary N) is 1. The lowest BCUT2D eigenvalue weighted by Crippen LogP contribution is -2.29. The summed E-state index contributed by atoms with van der Waals surface area (Å²) < 4.78 is 0. The van der Waals surface area contributed by atoms with E-state index < -0.39 is 0 Å². The number of H-pyrrole nitrogens is 1. The van der Waals surface area contributed by atoms with Crippen LogP contribution in [0.25, 0.3) is 5.57 Å². The van der Waals surface area contributed by atoms with Crippen molar-refractivity contribution in [3.63, 3.8) is 0 Å². The predicted molar refractivity (Wildman–Crippen MR) is 85.1 cm³/mol. The van der Waals surface area contributed by atoms with Gasteiger partial charge in [-0.15, -0.1) is 0 Å². The van der Waals surface area contributed by atoms with E-state index in [0.29, 0.717) is 0 Å². The Morgan fingerprint density at radius 3 is 2.95 bits per heavy atom. The van der Waals surface area contributed by atoms with Crippen molar-refractivity contribution in [2.45, 2.75) is 33.2 Å². The Bertz CT molecular complexity index is 561. The van der Waals surface area contributed by atoms with Crippen LogP contribution in [0.5, 0.6) is 0 Å². The number of aromatic nitrogens is 2. The van der Waals surface area contributed by atoms with Crippen molar-refractivity contribution >= 4 is 5.57 Å². The van der Waals surface area contributed by atoms with Crippen molar-refractivity contribution in [1.82, 2.24) is 15.1 Å². The Labute approximate surface area is 121 Å². The van der Waals surface area contributed by atoms with Gasteiger partial charge < -0.3 is 4.90 Å². The largest absolute Gasteiger partial charge is 0.370 e. The smallest absolute Gasteiger partial charge is 0.0973 e. The van der Waals surface area contributed by atoms with Crippen LogP contribution in [0.2, 0.25) is 0 Å². The summed E-state index contributed by atoms with van der Waals surface area (Å²) in [5.41, 5.74) is 5.87.